The maximum absolute atomic E-state index is 11.3. The molecular weight excluding hydrogens is 324 g/mol. The summed E-state index contributed by atoms with van der Waals surface area (Å²) in [5.41, 5.74) is -3.78. The number of carboxylic acid groups (broad SMARTS) is 3. The molecule has 0 aliphatic heterocycles. The summed E-state index contributed by atoms with van der Waals surface area (Å²) in [6.07, 6.45) is 0. The molecule has 0 radical (unpaired) electrons. The normalized spacial score (nSPS) is 13.1. The second-order valence-electron chi connectivity index (χ2n) is 3.99. The van der Waals surface area contributed by atoms with E-state index in [4.69, 9.17) is 19.9 Å². The summed E-state index contributed by atoms with van der Waals surface area (Å²) in [5.74, 6) is -7.63. The molecule has 1 unspecified atom stereocenters. The van der Waals surface area contributed by atoms with Crippen LogP contribution in [0.1, 0.15) is 0 Å². The van der Waals surface area contributed by atoms with Crippen LogP contribution in [0.4, 0.5) is 0 Å². The Kier molecular flexibility index (Phi) is 4.74. The predicted molar refractivity (Wildman–Crippen MR) is 68.0 cm³/mol. The summed E-state index contributed by atoms with van der Waals surface area (Å²) in [6.45, 7) is 0. The third kappa shape index (κ3) is 3.15. The zero-order chi connectivity index (χ0) is 17.1. The maximum atomic E-state index is 11.3. The Morgan fingerprint density at radius 1 is 1.00 bits per heavy atom. The van der Waals surface area contributed by atoms with Gasteiger partial charge in [-0.3, -0.25) is 9.35 Å². The molecule has 0 saturated carbocycles. The summed E-state index contributed by atoms with van der Waals surface area (Å²) in [5, 5.41) is 23.8. The van der Waals surface area contributed by atoms with Crippen LogP contribution in [0.3, 0.4) is 0 Å². The second-order valence-corrected chi connectivity index (χ2v) is 5.50. The smallest absolute Gasteiger partial charge is 0.362 e. The van der Waals surface area contributed by atoms with E-state index in [1.165, 1.54) is 18.2 Å². The van der Waals surface area contributed by atoms with E-state index in [2.05, 4.69) is 4.74 Å². The summed E-state index contributed by atoms with van der Waals surface area (Å²) in [6, 6.07) is 6.26. The lowest BCUT2D eigenvalue weighted by atomic mass is 9.99. The van der Waals surface area contributed by atoms with Crippen molar-refractivity contribution < 1.29 is 47.4 Å². The highest BCUT2D eigenvalue weighted by molar-refractivity contribution is 7.87. The molecule has 11 heteroatoms. The first-order chi connectivity index (χ1) is 10.0. The molecule has 0 amide bonds. The topological polar surface area (TPSA) is 176 Å². The number of hydrogen-bond acceptors (Lipinski definition) is 6. The van der Waals surface area contributed by atoms with Crippen molar-refractivity contribution in [1.29, 1.82) is 0 Å². The average Bonchev–Trinajstić information content (AvgIpc) is 2.36. The Bertz CT molecular complexity index is 679. The fraction of sp³-hybridized carbons (Fsp3) is 0.182. The van der Waals surface area contributed by atoms with Crippen LogP contribution in [0.2, 0.25) is 0 Å². The van der Waals surface area contributed by atoms with Crippen molar-refractivity contribution in [3.8, 4) is 5.75 Å². The minimum absolute atomic E-state index is 0.415. The lowest BCUT2D eigenvalue weighted by Crippen LogP contribution is -2.65. The van der Waals surface area contributed by atoms with Gasteiger partial charge in [-0.05, 0) is 12.1 Å². The van der Waals surface area contributed by atoms with Gasteiger partial charge in [0.1, 0.15) is 5.75 Å². The summed E-state index contributed by atoms with van der Waals surface area (Å²) in [7, 11) is -5.62. The Labute approximate surface area is 123 Å². The number of aliphatic carboxylic acids is 3. The van der Waals surface area contributed by atoms with Gasteiger partial charge in [-0.15, -0.1) is 0 Å². The highest BCUT2D eigenvalue weighted by Gasteiger charge is 2.65. The van der Waals surface area contributed by atoms with Crippen LogP contribution in [0.5, 0.6) is 5.75 Å². The molecule has 0 fully saturated rings. The number of benzene rings is 1. The SMILES string of the molecule is O=C(O)C(C(Oc1ccccc1)(C(=O)O)C(=O)O)S(=O)(=O)O. The first-order valence-corrected chi connectivity index (χ1v) is 6.93. The van der Waals surface area contributed by atoms with Gasteiger partial charge in [0.2, 0.25) is 5.25 Å². The molecule has 0 aromatic heterocycles. The average molecular weight is 334 g/mol. The van der Waals surface area contributed by atoms with Crippen LogP contribution in [0, 0.1) is 0 Å². The minimum Gasteiger partial charge on any atom is -0.480 e. The predicted octanol–water partition coefficient (Wildman–Crippen LogP) is -0.686. The van der Waals surface area contributed by atoms with Gasteiger partial charge in [0, 0.05) is 0 Å². The van der Waals surface area contributed by atoms with E-state index in [1.807, 2.05) is 0 Å². The van der Waals surface area contributed by atoms with Gasteiger partial charge in [-0.2, -0.15) is 8.42 Å². The number of rotatable bonds is 7. The Morgan fingerprint density at radius 2 is 1.45 bits per heavy atom. The van der Waals surface area contributed by atoms with Crippen molar-refractivity contribution in [3.63, 3.8) is 0 Å². The van der Waals surface area contributed by atoms with Crippen molar-refractivity contribution in [2.45, 2.75) is 10.9 Å². The summed E-state index contributed by atoms with van der Waals surface area (Å²) >= 11 is 0. The Hall–Kier alpha value is -2.66. The van der Waals surface area contributed by atoms with Crippen LogP contribution in [-0.4, -0.2) is 57.0 Å². The monoisotopic (exact) mass is 334 g/mol. The van der Waals surface area contributed by atoms with E-state index in [-0.39, 0.29) is 0 Å². The first-order valence-electron chi connectivity index (χ1n) is 5.43. The van der Waals surface area contributed by atoms with Crippen molar-refractivity contribution in [2.75, 3.05) is 0 Å². The molecule has 0 spiro atoms. The number of para-hydroxylation sites is 1. The largest absolute Gasteiger partial charge is 0.480 e. The fourth-order valence-electron chi connectivity index (χ4n) is 1.64. The standard InChI is InChI=1S/C11H10O10S/c12-8(13)7(22(18,19)20)11(9(14)15,10(16)17)21-6-4-2-1-3-5-6/h1-5,7H,(H,12,13)(H,14,15)(H,16,17)(H,18,19,20). The third-order valence-corrected chi connectivity index (χ3v) is 3.68. The Morgan fingerprint density at radius 3 is 1.77 bits per heavy atom. The van der Waals surface area contributed by atoms with E-state index in [0.29, 0.717) is 0 Å². The maximum Gasteiger partial charge on any atom is 0.362 e. The molecule has 22 heavy (non-hydrogen) atoms. The van der Waals surface area contributed by atoms with Crippen molar-refractivity contribution in [2.24, 2.45) is 0 Å². The molecule has 120 valence electrons. The highest BCUT2D eigenvalue weighted by Crippen LogP contribution is 2.27. The first kappa shape index (κ1) is 17.4. The molecule has 0 aliphatic rings. The highest BCUT2D eigenvalue weighted by atomic mass is 32.2. The number of carboxylic acids is 3. The zero-order valence-electron chi connectivity index (χ0n) is 10.6. The number of carbonyl (C=O) groups is 3. The van der Waals surface area contributed by atoms with Crippen molar-refractivity contribution in [3.05, 3.63) is 30.3 Å². The van der Waals surface area contributed by atoms with E-state index in [1.54, 1.807) is 0 Å². The van der Waals surface area contributed by atoms with Crippen LogP contribution < -0.4 is 4.74 Å². The molecule has 1 rings (SSSR count). The van der Waals surface area contributed by atoms with Gasteiger partial charge in [-0.1, -0.05) is 18.2 Å². The van der Waals surface area contributed by atoms with Gasteiger partial charge in [0.15, 0.2) is 0 Å². The van der Waals surface area contributed by atoms with Crippen LogP contribution in [0.25, 0.3) is 0 Å². The zero-order valence-corrected chi connectivity index (χ0v) is 11.4. The molecule has 4 N–H and O–H groups in total. The van der Waals surface area contributed by atoms with Crippen LogP contribution in [0.15, 0.2) is 30.3 Å². The van der Waals surface area contributed by atoms with Crippen LogP contribution in [-0.2, 0) is 24.5 Å². The van der Waals surface area contributed by atoms with Crippen LogP contribution >= 0.6 is 0 Å². The van der Waals surface area contributed by atoms with Gasteiger partial charge in [-0.25, -0.2) is 9.59 Å². The quantitative estimate of drug-likeness (QED) is 0.369. The van der Waals surface area contributed by atoms with E-state index in [9.17, 15) is 22.8 Å². The van der Waals surface area contributed by atoms with E-state index < -0.39 is 44.6 Å². The molecule has 1 aromatic rings. The number of ether oxygens (including phenoxy) is 1. The van der Waals surface area contributed by atoms with Gasteiger partial charge >= 0.3 is 23.5 Å². The molecule has 1 aromatic carbocycles. The molecular formula is C11H10O10S. The molecule has 1 atom stereocenters. The summed E-state index contributed by atoms with van der Waals surface area (Å²) in [4.78, 5) is 33.7. The molecule has 10 nitrogen and oxygen atoms in total. The lowest BCUT2D eigenvalue weighted by molar-refractivity contribution is -0.176. The summed E-state index contributed by atoms with van der Waals surface area (Å²) < 4.78 is 36.0. The van der Waals surface area contributed by atoms with Crippen molar-refractivity contribution >= 4 is 28.0 Å². The fourth-order valence-corrected chi connectivity index (χ4v) is 2.57. The molecule has 0 bridgehead atoms. The Balaban J connectivity index is 3.61. The van der Waals surface area contributed by atoms with E-state index in [0.717, 1.165) is 12.1 Å². The third-order valence-electron chi connectivity index (χ3n) is 2.55. The van der Waals surface area contributed by atoms with Crippen molar-refractivity contribution in [1.82, 2.24) is 0 Å². The van der Waals surface area contributed by atoms with Gasteiger partial charge < -0.3 is 20.1 Å². The van der Waals surface area contributed by atoms with E-state index >= 15 is 0 Å². The molecule has 0 saturated heterocycles. The van der Waals surface area contributed by atoms with Gasteiger partial charge in [0.25, 0.3) is 10.1 Å². The van der Waals surface area contributed by atoms with Gasteiger partial charge in [0.05, 0.1) is 0 Å². The molecule has 0 heterocycles. The molecule has 0 aliphatic carbocycles. The second kappa shape index (κ2) is 5.99. The number of hydrogen-bond donors (Lipinski definition) is 4. The minimum atomic E-state index is -5.62. The lowest BCUT2D eigenvalue weighted by Gasteiger charge is -2.29.